The van der Waals surface area contributed by atoms with E-state index in [9.17, 15) is 13.6 Å². The number of nitrogens with zero attached hydrogens (tertiary/aromatic N) is 2. The number of amides is 1. The molecule has 3 aromatic heterocycles. The Morgan fingerprint density at radius 2 is 1.60 bits per heavy atom. The van der Waals surface area contributed by atoms with Gasteiger partial charge in [-0.3, -0.25) is 4.79 Å². The number of ether oxygens (including phenoxy) is 1. The van der Waals surface area contributed by atoms with Crippen molar-refractivity contribution >= 4 is 28.8 Å². The van der Waals surface area contributed by atoms with E-state index in [0.717, 1.165) is 33.2 Å². The smallest absolute Gasteiger partial charge is 0.244 e. The Bertz CT molecular complexity index is 1920. The Balaban J connectivity index is 1.26. The number of hydrogen-bond donors (Lipinski definition) is 2. The topological polar surface area (TPSA) is 103 Å². The fraction of sp³-hybridized carbons (Fsp3) is 0.0294. The van der Waals surface area contributed by atoms with E-state index in [1.54, 1.807) is 36.5 Å². The van der Waals surface area contributed by atoms with Crippen LogP contribution in [0.5, 0.6) is 11.5 Å². The highest BCUT2D eigenvalue weighted by Gasteiger charge is 2.14. The molecule has 6 aromatic rings. The third-order valence-electron chi connectivity index (χ3n) is 6.62. The van der Waals surface area contributed by atoms with Gasteiger partial charge in [-0.2, -0.15) is 4.39 Å². The van der Waals surface area contributed by atoms with Crippen molar-refractivity contribution in [1.82, 2.24) is 15.3 Å². The van der Waals surface area contributed by atoms with Gasteiger partial charge >= 0.3 is 0 Å². The number of nitrogens with one attached hydrogen (secondary N) is 1. The number of fused-ring (bicyclic) bond motifs is 1. The van der Waals surface area contributed by atoms with E-state index in [1.165, 1.54) is 36.5 Å². The molecule has 212 valence electrons. The van der Waals surface area contributed by atoms with Gasteiger partial charge in [0, 0.05) is 23.2 Å². The lowest BCUT2D eigenvalue weighted by atomic mass is 9.96. The number of hydrogen-bond acceptors (Lipinski definition) is 6. The van der Waals surface area contributed by atoms with Gasteiger partial charge in [-0.1, -0.05) is 24.3 Å². The molecule has 0 spiro atoms. The minimum absolute atomic E-state index is 0.167. The van der Waals surface area contributed by atoms with Crippen LogP contribution in [0.15, 0.2) is 114 Å². The van der Waals surface area contributed by atoms with E-state index in [1.807, 2.05) is 42.5 Å². The lowest BCUT2D eigenvalue weighted by molar-refractivity contribution is -0.116. The summed E-state index contributed by atoms with van der Waals surface area (Å²) in [5, 5.41) is 3.65. The maximum Gasteiger partial charge on any atom is 0.244 e. The number of rotatable bonds is 8. The highest BCUT2D eigenvalue weighted by Crippen LogP contribution is 2.37. The fourth-order valence-corrected chi connectivity index (χ4v) is 4.50. The van der Waals surface area contributed by atoms with Crippen molar-refractivity contribution in [2.75, 3.05) is 5.73 Å². The highest BCUT2D eigenvalue weighted by molar-refractivity contribution is 5.97. The van der Waals surface area contributed by atoms with Crippen LogP contribution in [0.1, 0.15) is 11.3 Å². The van der Waals surface area contributed by atoms with Gasteiger partial charge in [0.25, 0.3) is 0 Å². The van der Waals surface area contributed by atoms with Crippen molar-refractivity contribution in [3.63, 3.8) is 0 Å². The van der Waals surface area contributed by atoms with Gasteiger partial charge in [-0.15, -0.1) is 0 Å². The average Bonchev–Trinajstić information content (AvgIpc) is 3.44. The van der Waals surface area contributed by atoms with E-state index in [-0.39, 0.29) is 18.3 Å². The highest BCUT2D eigenvalue weighted by atomic mass is 19.1. The predicted octanol–water partition coefficient (Wildman–Crippen LogP) is 7.54. The van der Waals surface area contributed by atoms with E-state index in [2.05, 4.69) is 15.3 Å². The molecule has 3 heterocycles. The Morgan fingerprint density at radius 3 is 2.33 bits per heavy atom. The number of aromatic nitrogens is 2. The molecular weight excluding hydrogens is 550 g/mol. The molecule has 0 bridgehead atoms. The predicted molar refractivity (Wildman–Crippen MR) is 161 cm³/mol. The maximum absolute atomic E-state index is 13.7. The van der Waals surface area contributed by atoms with Crippen LogP contribution in [-0.2, 0) is 11.3 Å². The second kappa shape index (κ2) is 12.0. The molecule has 43 heavy (non-hydrogen) atoms. The van der Waals surface area contributed by atoms with Gasteiger partial charge in [0.1, 0.15) is 34.5 Å². The molecule has 0 fully saturated rings. The molecule has 3 aromatic carbocycles. The van der Waals surface area contributed by atoms with Crippen LogP contribution >= 0.6 is 0 Å². The fourth-order valence-electron chi connectivity index (χ4n) is 4.50. The first kappa shape index (κ1) is 27.3. The molecule has 0 radical (unpaired) electrons. The molecule has 7 nitrogen and oxygen atoms in total. The molecular formula is C34H24F2N4O3. The zero-order chi connectivity index (χ0) is 29.8. The Hall–Kier alpha value is -5.83. The summed E-state index contributed by atoms with van der Waals surface area (Å²) in [5.41, 5.74) is 10.3. The van der Waals surface area contributed by atoms with Gasteiger partial charge in [-0.05, 0) is 95.1 Å². The Kier molecular flexibility index (Phi) is 7.60. The molecule has 0 saturated carbocycles. The minimum Gasteiger partial charge on any atom is -0.459 e. The van der Waals surface area contributed by atoms with Crippen molar-refractivity contribution in [3.8, 4) is 33.8 Å². The molecule has 0 aliphatic heterocycles. The monoisotopic (exact) mass is 574 g/mol. The normalized spacial score (nSPS) is 11.2. The molecule has 0 aliphatic carbocycles. The van der Waals surface area contributed by atoms with Crippen molar-refractivity contribution in [2.24, 2.45) is 0 Å². The zero-order valence-electron chi connectivity index (χ0n) is 22.6. The number of carbonyl (C=O) groups excluding carboxylic acids is 1. The molecule has 3 N–H and O–H groups in total. The van der Waals surface area contributed by atoms with Crippen LogP contribution in [0.4, 0.5) is 14.6 Å². The van der Waals surface area contributed by atoms with Gasteiger partial charge in [-0.25, -0.2) is 14.4 Å². The summed E-state index contributed by atoms with van der Waals surface area (Å²) in [6.45, 7) is 0.167. The number of anilines is 1. The number of nitrogen functional groups attached to an aromatic ring is 1. The van der Waals surface area contributed by atoms with Gasteiger partial charge in [0.05, 0.1) is 12.7 Å². The first-order valence-electron chi connectivity index (χ1n) is 13.3. The summed E-state index contributed by atoms with van der Waals surface area (Å²) < 4.78 is 38.8. The lowest BCUT2D eigenvalue weighted by Gasteiger charge is -2.09. The first-order chi connectivity index (χ1) is 20.9. The summed E-state index contributed by atoms with van der Waals surface area (Å²) >= 11 is 0. The van der Waals surface area contributed by atoms with Crippen LogP contribution in [0.3, 0.4) is 0 Å². The second-order valence-electron chi connectivity index (χ2n) is 9.67. The average molecular weight is 575 g/mol. The summed E-state index contributed by atoms with van der Waals surface area (Å²) in [6, 6.07) is 25.6. The number of carbonyl (C=O) groups is 1. The SMILES string of the molecule is Nc1ccc(C=CC(=O)NCc2cc3cc(-c4ccc(Oc5ccc(F)nc5)cc4)cc(-c4ccc(F)cc4)c3o2)cn1. The second-order valence-corrected chi connectivity index (χ2v) is 9.67. The third kappa shape index (κ3) is 6.57. The van der Waals surface area contributed by atoms with Gasteiger partial charge in [0.2, 0.25) is 11.9 Å². The van der Waals surface area contributed by atoms with Gasteiger partial charge in [0.15, 0.2) is 0 Å². The van der Waals surface area contributed by atoms with Crippen LogP contribution < -0.4 is 15.8 Å². The molecule has 0 atom stereocenters. The molecule has 1 amide bonds. The molecule has 0 unspecified atom stereocenters. The summed E-state index contributed by atoms with van der Waals surface area (Å²) in [7, 11) is 0. The summed E-state index contributed by atoms with van der Waals surface area (Å²) in [5.74, 6) is 0.737. The van der Waals surface area contributed by atoms with Crippen LogP contribution in [0.2, 0.25) is 0 Å². The van der Waals surface area contributed by atoms with Crippen LogP contribution in [0, 0.1) is 11.8 Å². The molecule has 9 heteroatoms. The maximum atomic E-state index is 13.7. The number of furan rings is 1. The van der Waals surface area contributed by atoms with E-state index in [0.29, 0.717) is 28.7 Å². The first-order valence-corrected chi connectivity index (χ1v) is 13.3. The number of pyridine rings is 2. The van der Waals surface area contributed by atoms with Crippen LogP contribution in [-0.4, -0.2) is 15.9 Å². The summed E-state index contributed by atoms with van der Waals surface area (Å²) in [6.07, 6.45) is 5.96. The van der Waals surface area contributed by atoms with Crippen molar-refractivity contribution in [2.45, 2.75) is 6.54 Å². The standard InChI is InChI=1S/C34H24F2N4O3/c35-26-7-3-23(4-8-26)30-17-24(22-5-9-27(10-6-22)42-28-11-12-31(36)38-19-28)15-25-16-29(43-34(25)30)20-40-33(41)14-2-21-1-13-32(37)39-18-21/h1-19H,20H2,(H2,37,39)(H,40,41). The van der Waals surface area contributed by atoms with E-state index < -0.39 is 5.95 Å². The largest absolute Gasteiger partial charge is 0.459 e. The van der Waals surface area contributed by atoms with Crippen molar-refractivity contribution in [1.29, 1.82) is 0 Å². The van der Waals surface area contributed by atoms with E-state index >= 15 is 0 Å². The molecule has 0 aliphatic rings. The summed E-state index contributed by atoms with van der Waals surface area (Å²) in [4.78, 5) is 20.0. The quantitative estimate of drug-likeness (QED) is 0.144. The number of nitrogens with two attached hydrogens (primary N) is 1. The van der Waals surface area contributed by atoms with Crippen molar-refractivity contribution in [3.05, 3.63) is 133 Å². The van der Waals surface area contributed by atoms with Gasteiger partial charge < -0.3 is 20.2 Å². The molecule has 0 saturated heterocycles. The zero-order valence-corrected chi connectivity index (χ0v) is 22.6. The molecule has 6 rings (SSSR count). The Morgan fingerprint density at radius 1 is 0.837 bits per heavy atom. The number of halogens is 2. The number of benzene rings is 3. The van der Waals surface area contributed by atoms with Crippen molar-refractivity contribution < 1.29 is 22.7 Å². The van der Waals surface area contributed by atoms with Crippen LogP contribution in [0.25, 0.3) is 39.3 Å². The minimum atomic E-state index is -0.580. The lowest BCUT2D eigenvalue weighted by Crippen LogP contribution is -2.19. The Labute approximate surface area is 245 Å². The van der Waals surface area contributed by atoms with E-state index in [4.69, 9.17) is 14.9 Å². The third-order valence-corrected chi connectivity index (χ3v) is 6.62.